The van der Waals surface area contributed by atoms with Crippen molar-refractivity contribution in [2.75, 3.05) is 39.6 Å². The van der Waals surface area contributed by atoms with Gasteiger partial charge >= 0.3 is 39.5 Å². The van der Waals surface area contributed by atoms with Gasteiger partial charge in [0.2, 0.25) is 0 Å². The van der Waals surface area contributed by atoms with Crippen LogP contribution in [0.3, 0.4) is 0 Å². The lowest BCUT2D eigenvalue weighted by molar-refractivity contribution is -0.161. The van der Waals surface area contributed by atoms with Gasteiger partial charge in [0, 0.05) is 25.7 Å². The third-order valence-electron chi connectivity index (χ3n) is 19.4. The van der Waals surface area contributed by atoms with Crippen LogP contribution in [0.4, 0.5) is 0 Å². The predicted molar refractivity (Wildman–Crippen MR) is 418 cm³/mol. The fourth-order valence-corrected chi connectivity index (χ4v) is 14.4. The Hall–Kier alpha value is -1.94. The Morgan fingerprint density at radius 3 is 0.667 bits per heavy atom. The fraction of sp³-hybridized carbons (Fsp3) is 0.952. The van der Waals surface area contributed by atoms with E-state index in [1.165, 1.54) is 244 Å². The second-order valence-electron chi connectivity index (χ2n) is 31.3. The van der Waals surface area contributed by atoms with E-state index in [0.717, 1.165) is 108 Å². The van der Waals surface area contributed by atoms with Crippen LogP contribution in [0.25, 0.3) is 0 Å². The molecule has 0 saturated heterocycles. The Morgan fingerprint density at radius 1 is 0.265 bits per heavy atom. The maximum atomic E-state index is 13.1. The molecule has 0 amide bonds. The highest BCUT2D eigenvalue weighted by molar-refractivity contribution is 7.47. The Labute approximate surface area is 626 Å². The average molecular weight is 1490 g/mol. The van der Waals surface area contributed by atoms with Crippen LogP contribution in [0, 0.1) is 17.8 Å². The molecule has 0 radical (unpaired) electrons. The number of ether oxygens (including phenoxy) is 4. The van der Waals surface area contributed by atoms with Gasteiger partial charge in [0.25, 0.3) is 0 Å². The number of esters is 4. The maximum Gasteiger partial charge on any atom is 0.472 e. The lowest BCUT2D eigenvalue weighted by Crippen LogP contribution is -2.30. The molecule has 0 heterocycles. The highest BCUT2D eigenvalue weighted by atomic mass is 31.2. The van der Waals surface area contributed by atoms with E-state index in [4.69, 9.17) is 37.0 Å². The molecule has 17 nitrogen and oxygen atoms in total. The van der Waals surface area contributed by atoms with Gasteiger partial charge in [-0.2, -0.15) is 0 Å². The van der Waals surface area contributed by atoms with Gasteiger partial charge in [0.05, 0.1) is 26.4 Å². The van der Waals surface area contributed by atoms with Gasteiger partial charge in [-0.05, 0) is 43.4 Å². The summed E-state index contributed by atoms with van der Waals surface area (Å²) in [7, 11) is -9.92. The van der Waals surface area contributed by atoms with Crippen molar-refractivity contribution in [3.8, 4) is 0 Å². The van der Waals surface area contributed by atoms with Crippen LogP contribution >= 0.6 is 15.6 Å². The summed E-state index contributed by atoms with van der Waals surface area (Å²) >= 11 is 0. The summed E-state index contributed by atoms with van der Waals surface area (Å²) in [5.41, 5.74) is 0. The summed E-state index contributed by atoms with van der Waals surface area (Å²) in [6.07, 6.45) is 62.7. The Morgan fingerprint density at radius 2 is 0.451 bits per heavy atom. The Balaban J connectivity index is 5.22. The highest BCUT2D eigenvalue weighted by Gasteiger charge is 2.30. The predicted octanol–water partition coefficient (Wildman–Crippen LogP) is 24.9. The third-order valence-corrected chi connectivity index (χ3v) is 21.3. The first-order chi connectivity index (χ1) is 49.2. The minimum Gasteiger partial charge on any atom is -0.462 e. The second kappa shape index (κ2) is 73.2. The van der Waals surface area contributed by atoms with Crippen molar-refractivity contribution < 1.29 is 80.2 Å². The molecule has 606 valence electrons. The normalized spacial score (nSPS) is 13.9. The molecule has 0 aliphatic rings. The minimum atomic E-state index is -4.96. The quantitative estimate of drug-likeness (QED) is 0.0222. The molecule has 0 fully saturated rings. The molecule has 0 aliphatic heterocycles. The van der Waals surface area contributed by atoms with E-state index in [0.29, 0.717) is 25.7 Å². The van der Waals surface area contributed by atoms with Gasteiger partial charge in [-0.1, -0.05) is 382 Å². The van der Waals surface area contributed by atoms with Crippen molar-refractivity contribution in [1.29, 1.82) is 0 Å². The zero-order valence-corrected chi connectivity index (χ0v) is 68.9. The molecule has 0 spiro atoms. The minimum absolute atomic E-state index is 0.105. The van der Waals surface area contributed by atoms with Gasteiger partial charge in [-0.25, -0.2) is 9.13 Å². The first-order valence-electron chi connectivity index (χ1n) is 42.8. The molecular weight excluding hydrogens is 1330 g/mol. The number of aliphatic hydroxyl groups is 1. The fourth-order valence-electron chi connectivity index (χ4n) is 12.8. The van der Waals surface area contributed by atoms with Gasteiger partial charge in [0.15, 0.2) is 12.2 Å². The standard InChI is InChI=1S/C83H162O17P2/c1-8-9-10-11-12-13-14-15-16-17-18-19-20-21-22-23-28-31-36-45-52-59-66-82(87)99-78(70-93-80(85)64-57-50-43-35-30-27-25-24-26-29-33-40-47-54-61-74(2)3)72-97-101(89,90)95-68-77(84)69-96-102(91,92)98-73-79(71-94-81(86)65-58-51-44-39-38-42-49-56-63-76(6)7)100-83(88)67-60-53-46-37-32-34-41-48-55-62-75(4)5/h74-79,84H,8-73H2,1-7H3,(H,89,90)(H,91,92)/t77-,78-,79-/m1/s1. The lowest BCUT2D eigenvalue weighted by atomic mass is 10.0. The van der Waals surface area contributed by atoms with E-state index in [1.54, 1.807) is 0 Å². The number of hydrogen-bond acceptors (Lipinski definition) is 15. The summed E-state index contributed by atoms with van der Waals surface area (Å²) in [5, 5.41) is 10.6. The number of rotatable bonds is 81. The van der Waals surface area contributed by atoms with E-state index in [2.05, 4.69) is 48.5 Å². The van der Waals surface area contributed by atoms with Crippen LogP contribution in [0.2, 0.25) is 0 Å². The summed E-state index contributed by atoms with van der Waals surface area (Å²) in [6.45, 7) is 11.9. The van der Waals surface area contributed by atoms with Gasteiger partial charge in [-0.3, -0.25) is 37.3 Å². The number of phosphoric acid groups is 2. The van der Waals surface area contributed by atoms with Crippen LogP contribution in [0.1, 0.15) is 434 Å². The highest BCUT2D eigenvalue weighted by Crippen LogP contribution is 2.45. The molecule has 0 aromatic rings. The maximum absolute atomic E-state index is 13.1. The summed E-state index contributed by atoms with van der Waals surface area (Å²) in [6, 6.07) is 0. The molecule has 19 heteroatoms. The number of carbonyl (C=O) groups excluding carboxylic acids is 4. The number of unbranched alkanes of at least 4 members (excludes halogenated alkanes) is 49. The topological polar surface area (TPSA) is 237 Å². The zero-order valence-electron chi connectivity index (χ0n) is 67.1. The molecule has 0 rings (SSSR count). The molecule has 2 unspecified atom stereocenters. The monoisotopic (exact) mass is 1490 g/mol. The number of hydrogen-bond donors (Lipinski definition) is 3. The van der Waals surface area contributed by atoms with Gasteiger partial charge < -0.3 is 33.8 Å². The lowest BCUT2D eigenvalue weighted by Gasteiger charge is -2.21. The number of aliphatic hydroxyl groups excluding tert-OH is 1. The first kappa shape index (κ1) is 100. The van der Waals surface area contributed by atoms with Crippen molar-refractivity contribution in [2.45, 2.75) is 452 Å². The Kier molecular flexibility index (Phi) is 71.8. The van der Waals surface area contributed by atoms with Crippen LogP contribution < -0.4 is 0 Å². The van der Waals surface area contributed by atoms with Crippen molar-refractivity contribution >= 4 is 39.5 Å². The largest absolute Gasteiger partial charge is 0.472 e. The molecule has 0 aromatic carbocycles. The third kappa shape index (κ3) is 76.3. The van der Waals surface area contributed by atoms with E-state index >= 15 is 0 Å². The van der Waals surface area contributed by atoms with E-state index < -0.39 is 97.5 Å². The SMILES string of the molecule is CCCCCCCCCCCCCCCCCCCCCCCCC(=O)O[C@H](COC(=O)CCCCCCCCCCCCCCCCC(C)C)COP(=O)(O)OC[C@@H](O)COP(=O)(O)OC[C@@H](COC(=O)CCCCCCCCCCC(C)C)OC(=O)CCCCCCCCCCCC(C)C. The average Bonchev–Trinajstić information content (AvgIpc) is 1.14. The van der Waals surface area contributed by atoms with E-state index in [9.17, 15) is 43.2 Å². The van der Waals surface area contributed by atoms with Crippen LogP contribution in [0.15, 0.2) is 0 Å². The second-order valence-corrected chi connectivity index (χ2v) is 34.2. The van der Waals surface area contributed by atoms with Crippen LogP contribution in [-0.2, 0) is 65.4 Å². The van der Waals surface area contributed by atoms with Gasteiger partial charge in [-0.15, -0.1) is 0 Å². The van der Waals surface area contributed by atoms with E-state index in [-0.39, 0.29) is 25.7 Å². The molecule has 0 aliphatic carbocycles. The molecule has 102 heavy (non-hydrogen) atoms. The molecule has 0 aromatic heterocycles. The summed E-state index contributed by atoms with van der Waals surface area (Å²) < 4.78 is 68.8. The van der Waals surface area contributed by atoms with Crippen LogP contribution in [-0.4, -0.2) is 96.7 Å². The van der Waals surface area contributed by atoms with Crippen molar-refractivity contribution in [3.63, 3.8) is 0 Å². The Bertz CT molecular complexity index is 1970. The van der Waals surface area contributed by atoms with Crippen molar-refractivity contribution in [3.05, 3.63) is 0 Å². The van der Waals surface area contributed by atoms with Crippen molar-refractivity contribution in [1.82, 2.24) is 0 Å². The number of phosphoric ester groups is 2. The van der Waals surface area contributed by atoms with Gasteiger partial charge in [0.1, 0.15) is 19.3 Å². The number of carbonyl (C=O) groups is 4. The molecular formula is C83H162O17P2. The van der Waals surface area contributed by atoms with Crippen molar-refractivity contribution in [2.24, 2.45) is 17.8 Å². The smallest absolute Gasteiger partial charge is 0.462 e. The van der Waals surface area contributed by atoms with Crippen LogP contribution in [0.5, 0.6) is 0 Å². The molecule has 5 atom stereocenters. The first-order valence-corrected chi connectivity index (χ1v) is 45.8. The molecule has 0 bridgehead atoms. The summed E-state index contributed by atoms with van der Waals surface area (Å²) in [5.74, 6) is 0.150. The van der Waals surface area contributed by atoms with E-state index in [1.807, 2.05) is 0 Å². The zero-order chi connectivity index (χ0) is 75.1. The molecule has 0 saturated carbocycles. The summed E-state index contributed by atoms with van der Waals surface area (Å²) in [4.78, 5) is 73.1. The molecule has 3 N–H and O–H groups in total.